The van der Waals surface area contributed by atoms with Gasteiger partial charge in [0.1, 0.15) is 9.84 Å². The molecule has 0 unspecified atom stereocenters. The van der Waals surface area contributed by atoms with E-state index >= 15 is 0 Å². The Morgan fingerprint density at radius 2 is 1.44 bits per heavy atom. The number of hydrogen-bond donors (Lipinski definition) is 1. The van der Waals surface area contributed by atoms with E-state index in [0.29, 0.717) is 12.1 Å². The Morgan fingerprint density at radius 3 is 1.89 bits per heavy atom. The van der Waals surface area contributed by atoms with Crippen LogP contribution in [0.25, 0.3) is 0 Å². The zero-order chi connectivity index (χ0) is 13.8. The van der Waals surface area contributed by atoms with E-state index in [-0.39, 0.29) is 17.3 Å². The predicted octanol–water partition coefficient (Wildman–Crippen LogP) is 0.105. The lowest BCUT2D eigenvalue weighted by Crippen LogP contribution is -2.17. The molecule has 0 spiro atoms. The summed E-state index contributed by atoms with van der Waals surface area (Å²) in [6, 6.07) is 6.92. The summed E-state index contributed by atoms with van der Waals surface area (Å²) in [5.74, 6) is -0.825. The van der Waals surface area contributed by atoms with Gasteiger partial charge >= 0.3 is 0 Å². The molecule has 1 rings (SSSR count). The van der Waals surface area contributed by atoms with Gasteiger partial charge in [-0.25, -0.2) is 16.8 Å². The van der Waals surface area contributed by atoms with Crippen LogP contribution in [0.4, 0.5) is 0 Å². The number of benzene rings is 1. The summed E-state index contributed by atoms with van der Waals surface area (Å²) in [6.45, 7) is 0.404. The van der Waals surface area contributed by atoms with Gasteiger partial charge < -0.3 is 5.73 Å². The van der Waals surface area contributed by atoms with Crippen LogP contribution >= 0.6 is 0 Å². The molecule has 0 amide bonds. The quantitative estimate of drug-likeness (QED) is 0.802. The molecule has 0 bridgehead atoms. The van der Waals surface area contributed by atoms with E-state index in [9.17, 15) is 16.8 Å². The van der Waals surface area contributed by atoms with Gasteiger partial charge in [0.25, 0.3) is 0 Å². The third-order valence-corrected chi connectivity index (χ3v) is 5.21. The molecule has 0 aliphatic heterocycles. The molecular formula is C11H17NO4S2. The minimum absolute atomic E-state index is 0.145. The second-order valence-corrected chi connectivity index (χ2v) is 8.69. The molecule has 7 heteroatoms. The van der Waals surface area contributed by atoms with Gasteiger partial charge in [-0.05, 0) is 11.1 Å². The van der Waals surface area contributed by atoms with Gasteiger partial charge in [0.15, 0.2) is 9.84 Å². The van der Waals surface area contributed by atoms with E-state index in [1.54, 1.807) is 24.3 Å². The number of sulfone groups is 2. The molecule has 18 heavy (non-hydrogen) atoms. The summed E-state index contributed by atoms with van der Waals surface area (Å²) in [5.41, 5.74) is 7.00. The van der Waals surface area contributed by atoms with Crippen LogP contribution in [0.2, 0.25) is 0 Å². The van der Waals surface area contributed by atoms with Gasteiger partial charge in [0, 0.05) is 12.8 Å². The lowest BCUT2D eigenvalue weighted by molar-refractivity contribution is 0.589. The van der Waals surface area contributed by atoms with Crippen LogP contribution in [-0.2, 0) is 32.0 Å². The first kappa shape index (κ1) is 15.1. The maximum Gasteiger partial charge on any atom is 0.155 e. The second kappa shape index (κ2) is 5.81. The molecule has 0 atom stereocenters. The van der Waals surface area contributed by atoms with E-state index in [1.165, 1.54) is 0 Å². The number of rotatable bonds is 6. The van der Waals surface area contributed by atoms with Crippen molar-refractivity contribution in [2.75, 3.05) is 17.8 Å². The Labute approximate surface area is 108 Å². The van der Waals surface area contributed by atoms with Crippen molar-refractivity contribution in [2.24, 2.45) is 5.73 Å². The first-order chi connectivity index (χ1) is 8.22. The Bertz CT molecular complexity index is 588. The predicted molar refractivity (Wildman–Crippen MR) is 71.5 cm³/mol. The average molecular weight is 291 g/mol. The van der Waals surface area contributed by atoms with Crippen LogP contribution in [0.1, 0.15) is 11.1 Å². The van der Waals surface area contributed by atoms with E-state index < -0.39 is 19.7 Å². The molecule has 102 valence electrons. The average Bonchev–Trinajstić information content (AvgIpc) is 2.26. The maximum absolute atomic E-state index is 11.7. The van der Waals surface area contributed by atoms with Crippen molar-refractivity contribution in [3.05, 3.63) is 35.4 Å². The topological polar surface area (TPSA) is 94.3 Å². The fraction of sp³-hybridized carbons (Fsp3) is 0.455. The lowest BCUT2D eigenvalue weighted by atomic mass is 10.1. The molecule has 0 aliphatic carbocycles. The fourth-order valence-corrected chi connectivity index (χ4v) is 4.45. The Balaban J connectivity index is 2.70. The molecule has 0 fully saturated rings. The molecule has 0 aromatic heterocycles. The number of nitrogens with two attached hydrogens (primary N) is 1. The summed E-state index contributed by atoms with van der Waals surface area (Å²) in [5, 5.41) is 0. The molecule has 0 saturated carbocycles. The summed E-state index contributed by atoms with van der Waals surface area (Å²) in [7, 11) is -6.65. The van der Waals surface area contributed by atoms with Gasteiger partial charge in [-0.3, -0.25) is 0 Å². The van der Waals surface area contributed by atoms with Gasteiger partial charge in [-0.2, -0.15) is 0 Å². The minimum Gasteiger partial charge on any atom is -0.326 e. The standard InChI is InChI=1S/C11H17NO4S2/c1-17(13,14)6-7-18(15,16)9-11-4-2-10(8-12)3-5-11/h2-5H,6-9,12H2,1H3. The van der Waals surface area contributed by atoms with Crippen molar-refractivity contribution < 1.29 is 16.8 Å². The molecule has 1 aromatic carbocycles. The van der Waals surface area contributed by atoms with Crippen molar-refractivity contribution in [2.45, 2.75) is 12.3 Å². The van der Waals surface area contributed by atoms with Crippen molar-refractivity contribution >= 4 is 19.7 Å². The molecule has 2 N–H and O–H groups in total. The molecule has 0 saturated heterocycles. The zero-order valence-corrected chi connectivity index (χ0v) is 11.8. The monoisotopic (exact) mass is 291 g/mol. The normalized spacial score (nSPS) is 12.6. The van der Waals surface area contributed by atoms with Crippen LogP contribution in [0.3, 0.4) is 0 Å². The Kier molecular flexibility index (Phi) is 4.89. The summed E-state index contributed by atoms with van der Waals surface area (Å²) >= 11 is 0. The van der Waals surface area contributed by atoms with E-state index in [0.717, 1.165) is 11.8 Å². The largest absolute Gasteiger partial charge is 0.326 e. The van der Waals surface area contributed by atoms with Gasteiger partial charge in [0.2, 0.25) is 0 Å². The summed E-state index contributed by atoms with van der Waals surface area (Å²) in [4.78, 5) is 0. The van der Waals surface area contributed by atoms with Crippen molar-refractivity contribution in [1.82, 2.24) is 0 Å². The van der Waals surface area contributed by atoms with Gasteiger partial charge in [-0.1, -0.05) is 24.3 Å². The van der Waals surface area contributed by atoms with Crippen LogP contribution in [0, 0.1) is 0 Å². The first-order valence-corrected chi connectivity index (χ1v) is 9.26. The van der Waals surface area contributed by atoms with Crippen LogP contribution in [0.15, 0.2) is 24.3 Å². The van der Waals surface area contributed by atoms with Gasteiger partial charge in [0.05, 0.1) is 17.3 Å². The SMILES string of the molecule is CS(=O)(=O)CCS(=O)(=O)Cc1ccc(CN)cc1. The highest BCUT2D eigenvalue weighted by Gasteiger charge is 2.15. The van der Waals surface area contributed by atoms with Crippen molar-refractivity contribution in [3.63, 3.8) is 0 Å². The van der Waals surface area contributed by atoms with Crippen molar-refractivity contribution in [3.8, 4) is 0 Å². The Hall–Kier alpha value is -0.920. The summed E-state index contributed by atoms with van der Waals surface area (Å²) < 4.78 is 45.3. The highest BCUT2D eigenvalue weighted by Crippen LogP contribution is 2.09. The third-order valence-electron chi connectivity index (χ3n) is 2.41. The van der Waals surface area contributed by atoms with Crippen LogP contribution < -0.4 is 5.73 Å². The number of hydrogen-bond acceptors (Lipinski definition) is 5. The molecule has 0 aliphatic rings. The first-order valence-electron chi connectivity index (χ1n) is 5.38. The van der Waals surface area contributed by atoms with E-state index in [2.05, 4.69) is 0 Å². The van der Waals surface area contributed by atoms with Crippen molar-refractivity contribution in [1.29, 1.82) is 0 Å². The van der Waals surface area contributed by atoms with E-state index in [1.807, 2.05) is 0 Å². The minimum atomic E-state index is -3.40. The van der Waals surface area contributed by atoms with Crippen LogP contribution in [0.5, 0.6) is 0 Å². The molecule has 0 heterocycles. The highest BCUT2D eigenvalue weighted by molar-refractivity contribution is 7.94. The molecular weight excluding hydrogens is 274 g/mol. The molecule has 1 aromatic rings. The van der Waals surface area contributed by atoms with E-state index in [4.69, 9.17) is 5.73 Å². The lowest BCUT2D eigenvalue weighted by Gasteiger charge is -2.05. The summed E-state index contributed by atoms with van der Waals surface area (Å²) in [6.07, 6.45) is 1.03. The van der Waals surface area contributed by atoms with Crippen LogP contribution in [-0.4, -0.2) is 34.6 Å². The molecule has 0 radical (unpaired) electrons. The molecule has 5 nitrogen and oxygen atoms in total. The highest BCUT2D eigenvalue weighted by atomic mass is 32.2. The zero-order valence-electron chi connectivity index (χ0n) is 10.2. The van der Waals surface area contributed by atoms with Gasteiger partial charge in [-0.15, -0.1) is 0 Å². The third kappa shape index (κ3) is 5.61. The smallest absolute Gasteiger partial charge is 0.155 e. The Morgan fingerprint density at radius 1 is 0.944 bits per heavy atom. The second-order valence-electron chi connectivity index (χ2n) is 4.24. The fourth-order valence-electron chi connectivity index (χ4n) is 1.38. The maximum atomic E-state index is 11.7.